The van der Waals surface area contributed by atoms with Crippen molar-refractivity contribution in [2.45, 2.75) is 6.04 Å². The van der Waals surface area contributed by atoms with Crippen LogP contribution in [-0.4, -0.2) is 36.2 Å². The maximum atomic E-state index is 12.1. The number of aliphatic carboxylic acids is 1. The molecule has 1 aliphatic heterocycles. The molecule has 0 saturated carbocycles. The first-order valence-electron chi connectivity index (χ1n) is 5.55. The number of benzene rings is 1. The number of carbonyl (C=O) groups excluding carboxylic acids is 1. The average Bonchev–Trinajstić information content (AvgIpc) is 2.80. The Kier molecular flexibility index (Phi) is 4.44. The van der Waals surface area contributed by atoms with Crippen molar-refractivity contribution in [3.63, 3.8) is 0 Å². The lowest BCUT2D eigenvalue weighted by Crippen LogP contribution is -2.42. The van der Waals surface area contributed by atoms with Crippen molar-refractivity contribution in [3.05, 3.63) is 33.3 Å². The second-order valence-corrected chi connectivity index (χ2v) is 5.48. The molecule has 7 heteroatoms. The van der Waals surface area contributed by atoms with Crippen molar-refractivity contribution in [1.29, 1.82) is 0 Å². The monoisotopic (exact) mass is 347 g/mol. The predicted molar refractivity (Wildman–Crippen MR) is 72.4 cm³/mol. The van der Waals surface area contributed by atoms with E-state index >= 15 is 0 Å². The fourth-order valence-corrected chi connectivity index (χ4v) is 2.46. The number of carboxylic acid groups (broad SMARTS) is 1. The van der Waals surface area contributed by atoms with E-state index in [0.29, 0.717) is 15.1 Å². The van der Waals surface area contributed by atoms with Gasteiger partial charge in [0, 0.05) is 9.50 Å². The van der Waals surface area contributed by atoms with Crippen LogP contribution in [0.5, 0.6) is 0 Å². The Labute approximate surface area is 123 Å². The van der Waals surface area contributed by atoms with Gasteiger partial charge in [-0.3, -0.25) is 9.59 Å². The first kappa shape index (κ1) is 14.3. The summed E-state index contributed by atoms with van der Waals surface area (Å²) < 4.78 is 5.69. The molecule has 1 aliphatic rings. The van der Waals surface area contributed by atoms with Crippen LogP contribution >= 0.6 is 27.5 Å². The van der Waals surface area contributed by atoms with Crippen LogP contribution in [0, 0.1) is 5.92 Å². The Hall–Kier alpha value is -1.11. The Bertz CT molecular complexity index is 522. The first-order valence-corrected chi connectivity index (χ1v) is 6.72. The van der Waals surface area contributed by atoms with E-state index in [2.05, 4.69) is 21.2 Å². The number of amides is 1. The van der Waals surface area contributed by atoms with Gasteiger partial charge >= 0.3 is 5.97 Å². The second kappa shape index (κ2) is 5.90. The minimum atomic E-state index is -0.979. The van der Waals surface area contributed by atoms with Gasteiger partial charge in [0.1, 0.15) is 5.92 Å². The minimum Gasteiger partial charge on any atom is -0.481 e. The fourth-order valence-electron chi connectivity index (χ4n) is 1.86. The van der Waals surface area contributed by atoms with Crippen LogP contribution < -0.4 is 5.32 Å². The molecular formula is C12H11BrClNO4. The van der Waals surface area contributed by atoms with E-state index in [1.54, 1.807) is 12.1 Å². The van der Waals surface area contributed by atoms with Gasteiger partial charge in [-0.2, -0.15) is 0 Å². The number of halogens is 2. The molecule has 2 atom stereocenters. The second-order valence-electron chi connectivity index (χ2n) is 4.19. The number of carboxylic acids is 1. The van der Waals surface area contributed by atoms with Gasteiger partial charge in [-0.15, -0.1) is 0 Å². The molecule has 1 aromatic rings. The highest BCUT2D eigenvalue weighted by Crippen LogP contribution is 2.22. The normalized spacial score (nSPS) is 22.2. The van der Waals surface area contributed by atoms with Gasteiger partial charge < -0.3 is 15.2 Å². The molecule has 0 aliphatic carbocycles. The molecule has 0 spiro atoms. The number of nitrogens with one attached hydrogen (secondary N) is 1. The lowest BCUT2D eigenvalue weighted by Gasteiger charge is -2.16. The quantitative estimate of drug-likeness (QED) is 0.875. The molecule has 0 bridgehead atoms. The van der Waals surface area contributed by atoms with Crippen molar-refractivity contribution in [1.82, 2.24) is 5.32 Å². The highest BCUT2D eigenvalue weighted by molar-refractivity contribution is 9.10. The van der Waals surface area contributed by atoms with Crippen molar-refractivity contribution in [2.24, 2.45) is 5.92 Å². The Morgan fingerprint density at radius 2 is 2.16 bits per heavy atom. The summed E-state index contributed by atoms with van der Waals surface area (Å²) in [5.41, 5.74) is 0.364. The van der Waals surface area contributed by atoms with E-state index in [9.17, 15) is 9.59 Å². The van der Waals surface area contributed by atoms with Gasteiger partial charge in [0.25, 0.3) is 5.91 Å². The largest absolute Gasteiger partial charge is 0.481 e. The van der Waals surface area contributed by atoms with Crippen LogP contribution in [0.25, 0.3) is 0 Å². The molecule has 1 aromatic carbocycles. The van der Waals surface area contributed by atoms with Gasteiger partial charge in [0.2, 0.25) is 0 Å². The molecule has 1 saturated heterocycles. The zero-order chi connectivity index (χ0) is 14.0. The fraction of sp³-hybridized carbons (Fsp3) is 0.333. The van der Waals surface area contributed by atoms with Crippen LogP contribution in [-0.2, 0) is 9.53 Å². The smallest absolute Gasteiger partial charge is 0.311 e. The van der Waals surface area contributed by atoms with Gasteiger partial charge in [-0.1, -0.05) is 11.6 Å². The third kappa shape index (κ3) is 3.26. The van der Waals surface area contributed by atoms with Crippen LogP contribution in [0.2, 0.25) is 5.02 Å². The van der Waals surface area contributed by atoms with Crippen LogP contribution in [0.1, 0.15) is 10.4 Å². The Morgan fingerprint density at radius 3 is 2.84 bits per heavy atom. The molecule has 19 heavy (non-hydrogen) atoms. The molecule has 0 radical (unpaired) electrons. The van der Waals surface area contributed by atoms with E-state index in [1.807, 2.05) is 0 Å². The summed E-state index contributed by atoms with van der Waals surface area (Å²) in [4.78, 5) is 23.1. The van der Waals surface area contributed by atoms with Crippen LogP contribution in [0.3, 0.4) is 0 Å². The molecule has 2 N–H and O–H groups in total. The molecule has 5 nitrogen and oxygen atoms in total. The number of hydrogen-bond donors (Lipinski definition) is 2. The zero-order valence-electron chi connectivity index (χ0n) is 9.73. The first-order chi connectivity index (χ1) is 8.99. The maximum Gasteiger partial charge on any atom is 0.311 e. The average molecular weight is 349 g/mol. The summed E-state index contributed by atoms with van der Waals surface area (Å²) in [7, 11) is 0. The molecular weight excluding hydrogens is 337 g/mol. The third-order valence-corrected chi connectivity index (χ3v) is 3.81. The van der Waals surface area contributed by atoms with Gasteiger partial charge in [0.05, 0.1) is 24.8 Å². The highest BCUT2D eigenvalue weighted by atomic mass is 79.9. The Morgan fingerprint density at radius 1 is 1.42 bits per heavy atom. The summed E-state index contributed by atoms with van der Waals surface area (Å²) in [6, 6.07) is 4.31. The molecule has 1 heterocycles. The van der Waals surface area contributed by atoms with E-state index in [0.717, 1.165) is 0 Å². The maximum absolute atomic E-state index is 12.1. The van der Waals surface area contributed by atoms with Crippen molar-refractivity contribution in [3.8, 4) is 0 Å². The standard InChI is InChI=1S/C12H11BrClNO4/c13-9-2-1-6(14)3-7(9)11(16)15-10-5-19-4-8(10)12(17)18/h1-3,8,10H,4-5H2,(H,15,16)(H,17,18). The van der Waals surface area contributed by atoms with E-state index in [4.69, 9.17) is 21.4 Å². The number of ether oxygens (including phenoxy) is 1. The Balaban J connectivity index is 2.12. The lowest BCUT2D eigenvalue weighted by atomic mass is 10.0. The van der Waals surface area contributed by atoms with E-state index in [1.165, 1.54) is 6.07 Å². The summed E-state index contributed by atoms with van der Waals surface area (Å²) >= 11 is 9.09. The van der Waals surface area contributed by atoms with Crippen LogP contribution in [0.15, 0.2) is 22.7 Å². The minimum absolute atomic E-state index is 0.108. The molecule has 2 rings (SSSR count). The van der Waals surface area contributed by atoms with Crippen molar-refractivity contribution >= 4 is 39.4 Å². The molecule has 1 fully saturated rings. The number of carbonyl (C=O) groups is 2. The number of hydrogen-bond acceptors (Lipinski definition) is 3. The van der Waals surface area contributed by atoms with E-state index in [-0.39, 0.29) is 19.1 Å². The molecule has 0 aromatic heterocycles. The van der Waals surface area contributed by atoms with E-state index < -0.39 is 17.9 Å². The molecule has 1 amide bonds. The zero-order valence-corrected chi connectivity index (χ0v) is 12.1. The van der Waals surface area contributed by atoms with Crippen LogP contribution in [0.4, 0.5) is 0 Å². The summed E-state index contributed by atoms with van der Waals surface area (Å²) in [6.07, 6.45) is 0. The number of rotatable bonds is 3. The topological polar surface area (TPSA) is 75.6 Å². The van der Waals surface area contributed by atoms with Gasteiger partial charge in [-0.25, -0.2) is 0 Å². The SMILES string of the molecule is O=C(NC1COCC1C(=O)O)c1cc(Cl)ccc1Br. The summed E-state index contributed by atoms with van der Waals surface area (Å²) in [5, 5.41) is 12.1. The lowest BCUT2D eigenvalue weighted by molar-refractivity contribution is -0.142. The molecule has 102 valence electrons. The highest BCUT2D eigenvalue weighted by Gasteiger charge is 2.35. The van der Waals surface area contributed by atoms with Gasteiger partial charge in [0.15, 0.2) is 0 Å². The predicted octanol–water partition coefficient (Wildman–Crippen LogP) is 1.93. The molecule has 2 unspecified atom stereocenters. The summed E-state index contributed by atoms with van der Waals surface area (Å²) in [6.45, 7) is 0.303. The van der Waals surface area contributed by atoms with Crippen molar-refractivity contribution in [2.75, 3.05) is 13.2 Å². The summed E-state index contributed by atoms with van der Waals surface area (Å²) in [5.74, 6) is -2.08. The van der Waals surface area contributed by atoms with Crippen molar-refractivity contribution < 1.29 is 19.4 Å². The van der Waals surface area contributed by atoms with Gasteiger partial charge in [-0.05, 0) is 34.1 Å². The third-order valence-electron chi connectivity index (χ3n) is 2.89.